The molecule has 4 unspecified atom stereocenters. The van der Waals surface area contributed by atoms with Gasteiger partial charge in [-0.25, -0.2) is 19.6 Å². The second-order valence-electron chi connectivity index (χ2n) is 15.9. The van der Waals surface area contributed by atoms with Crippen molar-refractivity contribution in [3.63, 3.8) is 0 Å². The maximum absolute atomic E-state index is 13.6. The summed E-state index contributed by atoms with van der Waals surface area (Å²) in [4.78, 5) is 84.0. The summed E-state index contributed by atoms with van der Waals surface area (Å²) in [7, 11) is 2.52. The molecule has 0 saturated carbocycles. The van der Waals surface area contributed by atoms with Gasteiger partial charge in [-0.1, -0.05) is 52.0 Å². The molecular weight excluding hydrogens is 773 g/mol. The van der Waals surface area contributed by atoms with Gasteiger partial charge < -0.3 is 49.4 Å². The summed E-state index contributed by atoms with van der Waals surface area (Å²) in [5, 5.41) is 16.6. The Morgan fingerprint density at radius 1 is 0.750 bits per heavy atom. The van der Waals surface area contributed by atoms with Gasteiger partial charge in [0, 0.05) is 24.2 Å². The number of rotatable bonds is 11. The SMILES string of the molecule is COC(=O)NC(C(=O)N1CCCC1c1ncc(-c2ccc(-c3oc4ccc(-c5cnc(C6CCCN6C(=O)C(NC(=O)OC)C(C)C)[nH]5)cc4c(=O)c3O)cc2)[nH]1)C(C)C. The number of aromatic hydroxyl groups is 1. The van der Waals surface area contributed by atoms with Crippen LogP contribution in [0.5, 0.6) is 5.75 Å². The van der Waals surface area contributed by atoms with E-state index < -0.39 is 35.4 Å². The zero-order valence-corrected chi connectivity index (χ0v) is 34.4. The Morgan fingerprint density at radius 3 is 1.70 bits per heavy atom. The molecule has 3 aromatic heterocycles. The van der Waals surface area contributed by atoms with Crippen LogP contribution in [0.3, 0.4) is 0 Å². The third-order valence-electron chi connectivity index (χ3n) is 11.3. The molecule has 2 fully saturated rings. The van der Waals surface area contributed by atoms with Crippen molar-refractivity contribution in [2.24, 2.45) is 11.8 Å². The predicted octanol–water partition coefficient (Wildman–Crippen LogP) is 6.03. The van der Waals surface area contributed by atoms with Crippen LogP contribution in [0.2, 0.25) is 0 Å². The number of hydrogen-bond donors (Lipinski definition) is 5. The van der Waals surface area contributed by atoms with Gasteiger partial charge in [0.15, 0.2) is 5.76 Å². The van der Waals surface area contributed by atoms with E-state index in [0.717, 1.165) is 18.4 Å². The summed E-state index contributed by atoms with van der Waals surface area (Å²) >= 11 is 0. The van der Waals surface area contributed by atoms with Crippen LogP contribution in [0.25, 0.3) is 44.8 Å². The number of amides is 4. The number of likely N-dealkylation sites (tertiary alicyclic amines) is 2. The zero-order chi connectivity index (χ0) is 42.8. The Bertz CT molecular complexity index is 2450. The number of aromatic nitrogens is 4. The van der Waals surface area contributed by atoms with Crippen LogP contribution in [-0.2, 0) is 19.1 Å². The fourth-order valence-electron chi connectivity index (χ4n) is 8.04. The van der Waals surface area contributed by atoms with E-state index in [1.165, 1.54) is 14.2 Å². The molecule has 7 rings (SSSR count). The molecule has 4 amide bonds. The number of ether oxygens (including phenoxy) is 2. The summed E-state index contributed by atoms with van der Waals surface area (Å²) in [6.45, 7) is 8.49. The normalized spacial score (nSPS) is 17.6. The summed E-state index contributed by atoms with van der Waals surface area (Å²) in [5.74, 6) is -0.0345. The van der Waals surface area contributed by atoms with Gasteiger partial charge in [0.25, 0.3) is 0 Å². The number of imidazole rings is 2. The van der Waals surface area contributed by atoms with Gasteiger partial charge in [-0.2, -0.15) is 0 Å². The average Bonchev–Trinajstić information content (AvgIpc) is 4.09. The molecule has 5 heterocycles. The summed E-state index contributed by atoms with van der Waals surface area (Å²) in [6.07, 6.45) is 4.95. The summed E-state index contributed by atoms with van der Waals surface area (Å²) in [5.41, 5.74) is 2.91. The first kappa shape index (κ1) is 41.5. The number of hydrogen-bond acceptors (Lipinski definition) is 11. The van der Waals surface area contributed by atoms with Crippen LogP contribution < -0.4 is 16.1 Å². The van der Waals surface area contributed by atoms with E-state index in [1.807, 2.05) is 39.8 Å². The molecule has 316 valence electrons. The minimum absolute atomic E-state index is 0.0219. The molecular formula is C43H50N8O9. The number of aromatic amines is 2. The second-order valence-corrected chi connectivity index (χ2v) is 15.9. The molecule has 0 bridgehead atoms. The van der Waals surface area contributed by atoms with E-state index in [-0.39, 0.29) is 52.5 Å². The summed E-state index contributed by atoms with van der Waals surface area (Å²) in [6, 6.07) is 10.1. The van der Waals surface area contributed by atoms with E-state index in [2.05, 4.69) is 30.6 Å². The highest BCUT2D eigenvalue weighted by Crippen LogP contribution is 2.36. The van der Waals surface area contributed by atoms with Crippen LogP contribution in [0, 0.1) is 11.8 Å². The smallest absolute Gasteiger partial charge is 0.407 e. The average molecular weight is 823 g/mol. The van der Waals surface area contributed by atoms with E-state index in [1.54, 1.807) is 52.5 Å². The van der Waals surface area contributed by atoms with Crippen molar-refractivity contribution in [1.29, 1.82) is 0 Å². The lowest BCUT2D eigenvalue weighted by atomic mass is 10.0. The van der Waals surface area contributed by atoms with Gasteiger partial charge in [-0.15, -0.1) is 0 Å². The predicted molar refractivity (Wildman–Crippen MR) is 220 cm³/mol. The number of alkyl carbamates (subject to hydrolysis) is 2. The molecule has 2 aromatic carbocycles. The van der Waals surface area contributed by atoms with Crippen molar-refractivity contribution in [2.75, 3.05) is 27.3 Å². The number of carbonyl (C=O) groups is 4. The third-order valence-corrected chi connectivity index (χ3v) is 11.3. The van der Waals surface area contributed by atoms with Gasteiger partial charge in [-0.05, 0) is 61.3 Å². The zero-order valence-electron chi connectivity index (χ0n) is 34.4. The number of H-pyrrole nitrogens is 2. The van der Waals surface area contributed by atoms with Crippen molar-refractivity contribution in [3.8, 4) is 39.6 Å². The molecule has 2 saturated heterocycles. The quantitative estimate of drug-likeness (QED) is 0.103. The minimum Gasteiger partial charge on any atom is -0.502 e. The first-order valence-electron chi connectivity index (χ1n) is 20.1. The third kappa shape index (κ3) is 8.15. The first-order valence-corrected chi connectivity index (χ1v) is 20.1. The largest absolute Gasteiger partial charge is 0.502 e. The highest BCUT2D eigenvalue weighted by molar-refractivity contribution is 5.88. The van der Waals surface area contributed by atoms with E-state index in [0.29, 0.717) is 60.1 Å². The van der Waals surface area contributed by atoms with Crippen molar-refractivity contribution in [3.05, 3.63) is 76.7 Å². The number of nitrogens with one attached hydrogen (secondary N) is 4. The highest BCUT2D eigenvalue weighted by atomic mass is 16.5. The van der Waals surface area contributed by atoms with Crippen LogP contribution in [0.4, 0.5) is 9.59 Å². The Balaban J connectivity index is 1.07. The van der Waals surface area contributed by atoms with Crippen molar-refractivity contribution in [2.45, 2.75) is 77.5 Å². The Morgan fingerprint density at radius 2 is 1.22 bits per heavy atom. The van der Waals surface area contributed by atoms with Gasteiger partial charge in [0.1, 0.15) is 29.3 Å². The molecule has 0 spiro atoms. The van der Waals surface area contributed by atoms with Crippen molar-refractivity contribution in [1.82, 2.24) is 40.4 Å². The van der Waals surface area contributed by atoms with Gasteiger partial charge in [-0.3, -0.25) is 14.4 Å². The topological polar surface area (TPSA) is 225 Å². The maximum Gasteiger partial charge on any atom is 0.407 e. The molecule has 5 N–H and O–H groups in total. The van der Waals surface area contributed by atoms with E-state index >= 15 is 0 Å². The summed E-state index contributed by atoms with van der Waals surface area (Å²) < 4.78 is 15.6. The molecule has 0 radical (unpaired) electrons. The van der Waals surface area contributed by atoms with Gasteiger partial charge in [0.05, 0.1) is 55.5 Å². The monoisotopic (exact) mass is 822 g/mol. The number of methoxy groups -OCH3 is 2. The molecule has 17 nitrogen and oxygen atoms in total. The Hall–Kier alpha value is -6.65. The maximum atomic E-state index is 13.6. The first-order chi connectivity index (χ1) is 28.8. The number of carbonyl (C=O) groups excluding carboxylic acids is 4. The molecule has 2 aliphatic heterocycles. The lowest BCUT2D eigenvalue weighted by molar-refractivity contribution is -0.136. The number of fused-ring (bicyclic) bond motifs is 1. The Kier molecular flexibility index (Phi) is 12.0. The highest BCUT2D eigenvalue weighted by Gasteiger charge is 2.39. The van der Waals surface area contributed by atoms with E-state index in [4.69, 9.17) is 13.9 Å². The molecule has 5 aromatic rings. The van der Waals surface area contributed by atoms with Crippen LogP contribution >= 0.6 is 0 Å². The minimum atomic E-state index is -0.760. The van der Waals surface area contributed by atoms with Gasteiger partial charge >= 0.3 is 12.2 Å². The lowest BCUT2D eigenvalue weighted by Crippen LogP contribution is -2.51. The van der Waals surface area contributed by atoms with Crippen molar-refractivity contribution < 1.29 is 38.2 Å². The van der Waals surface area contributed by atoms with Gasteiger partial charge in [0.2, 0.25) is 23.0 Å². The second kappa shape index (κ2) is 17.3. The number of benzene rings is 2. The van der Waals surface area contributed by atoms with Crippen LogP contribution in [0.15, 0.2) is 64.1 Å². The molecule has 4 atom stereocenters. The number of nitrogens with zero attached hydrogens (tertiary/aromatic N) is 4. The standard InChI is InChI=1S/C43H50N8O9/c1-22(2)33(48-42(56)58-5)40(54)50-17-7-9-30(50)38-44-20-28(46-38)24-11-13-25(14-12-24)37-36(53)35(52)27-19-26(15-16-32(27)60-37)29-21-45-39(47-29)31-10-8-18-51(31)41(55)34(23(3)4)49-43(57)59-6/h11-16,19-23,30-31,33-34,53H,7-10,17-18H2,1-6H3,(H,44,46)(H,45,47)(H,48,56)(H,49,57). The molecule has 0 aliphatic carbocycles. The van der Waals surface area contributed by atoms with Crippen molar-refractivity contribution >= 4 is 35.0 Å². The molecule has 2 aliphatic rings. The van der Waals surface area contributed by atoms with E-state index in [9.17, 15) is 29.1 Å². The molecule has 60 heavy (non-hydrogen) atoms. The lowest BCUT2D eigenvalue weighted by Gasteiger charge is -2.30. The fraction of sp³-hybridized carbons (Fsp3) is 0.419. The Labute approximate surface area is 345 Å². The molecule has 17 heteroatoms. The van der Waals surface area contributed by atoms with Crippen LogP contribution in [-0.4, -0.2) is 98.2 Å². The van der Waals surface area contributed by atoms with Crippen LogP contribution in [0.1, 0.15) is 77.1 Å². The fourth-order valence-corrected chi connectivity index (χ4v) is 8.04.